The van der Waals surface area contributed by atoms with Crippen LogP contribution in [-0.4, -0.2) is 22.4 Å². The van der Waals surface area contributed by atoms with Crippen LogP contribution in [0.5, 0.6) is 0 Å². The van der Waals surface area contributed by atoms with Crippen LogP contribution in [0.3, 0.4) is 0 Å². The molecule has 2 aliphatic carbocycles. The Kier molecular flexibility index (Phi) is 2.80. The molecule has 3 aliphatic rings. The zero-order chi connectivity index (χ0) is 15.5. The van der Waals surface area contributed by atoms with Crippen LogP contribution in [0, 0.1) is 23.5 Å². The van der Waals surface area contributed by atoms with Gasteiger partial charge in [-0.3, -0.25) is 9.69 Å². The second-order valence-corrected chi connectivity index (χ2v) is 6.45. The van der Waals surface area contributed by atoms with Gasteiger partial charge >= 0.3 is 6.03 Å². The molecular weight excluding hydrogens is 290 g/mol. The van der Waals surface area contributed by atoms with Crippen molar-refractivity contribution in [1.29, 1.82) is 0 Å². The zero-order valence-corrected chi connectivity index (χ0v) is 11.9. The van der Waals surface area contributed by atoms with Crippen LogP contribution in [0.1, 0.15) is 31.2 Å². The Labute approximate surface area is 126 Å². The number of benzene rings is 1. The molecule has 0 bridgehead atoms. The highest BCUT2D eigenvalue weighted by Crippen LogP contribution is 2.54. The molecule has 3 fully saturated rings. The van der Waals surface area contributed by atoms with Gasteiger partial charge in [0.2, 0.25) is 0 Å². The Balaban J connectivity index is 1.64. The highest BCUT2D eigenvalue weighted by molar-refractivity contribution is 6.07. The van der Waals surface area contributed by atoms with E-state index in [0.717, 1.165) is 36.6 Å². The molecule has 0 atom stereocenters. The summed E-state index contributed by atoms with van der Waals surface area (Å²) in [5.74, 6) is -1.86. The lowest BCUT2D eigenvalue weighted by Crippen LogP contribution is -2.51. The second-order valence-electron chi connectivity index (χ2n) is 6.45. The maximum Gasteiger partial charge on any atom is 0.325 e. The lowest BCUT2D eigenvalue weighted by atomic mass is 9.87. The average molecular weight is 306 g/mol. The molecule has 3 amide bonds. The van der Waals surface area contributed by atoms with Crippen molar-refractivity contribution in [3.63, 3.8) is 0 Å². The lowest BCUT2D eigenvalue weighted by molar-refractivity contribution is -0.133. The molecule has 1 heterocycles. The Morgan fingerprint density at radius 2 is 1.77 bits per heavy atom. The quantitative estimate of drug-likeness (QED) is 0.869. The van der Waals surface area contributed by atoms with E-state index in [2.05, 4.69) is 5.32 Å². The van der Waals surface area contributed by atoms with E-state index in [1.807, 2.05) is 0 Å². The van der Waals surface area contributed by atoms with E-state index < -0.39 is 23.2 Å². The van der Waals surface area contributed by atoms with Crippen LogP contribution in [-0.2, 0) is 11.3 Å². The van der Waals surface area contributed by atoms with E-state index in [-0.39, 0.29) is 29.9 Å². The molecule has 22 heavy (non-hydrogen) atoms. The summed E-state index contributed by atoms with van der Waals surface area (Å²) in [7, 11) is 0. The smallest absolute Gasteiger partial charge is 0.323 e. The lowest BCUT2D eigenvalue weighted by Gasteiger charge is -2.26. The van der Waals surface area contributed by atoms with E-state index in [1.165, 1.54) is 12.1 Å². The van der Waals surface area contributed by atoms with Gasteiger partial charge in [-0.25, -0.2) is 13.6 Å². The summed E-state index contributed by atoms with van der Waals surface area (Å²) < 4.78 is 27.1. The monoisotopic (exact) mass is 306 g/mol. The number of hydrogen-bond acceptors (Lipinski definition) is 2. The number of nitrogens with one attached hydrogen (secondary N) is 1. The molecule has 1 saturated heterocycles. The minimum absolute atomic E-state index is 0.0193. The molecule has 4 nitrogen and oxygen atoms in total. The van der Waals surface area contributed by atoms with E-state index in [9.17, 15) is 18.4 Å². The first-order valence-electron chi connectivity index (χ1n) is 7.61. The van der Waals surface area contributed by atoms with Crippen molar-refractivity contribution in [1.82, 2.24) is 10.2 Å². The maximum atomic E-state index is 13.8. The number of halogens is 2. The molecule has 0 spiro atoms. The molecule has 1 aliphatic heterocycles. The predicted molar refractivity (Wildman–Crippen MR) is 73.6 cm³/mol. The molecule has 1 N–H and O–H groups in total. The Bertz CT molecular complexity index is 656. The van der Waals surface area contributed by atoms with Crippen molar-refractivity contribution in [2.45, 2.75) is 37.8 Å². The summed E-state index contributed by atoms with van der Waals surface area (Å²) in [6, 6.07) is 3.30. The Morgan fingerprint density at radius 3 is 2.36 bits per heavy atom. The largest absolute Gasteiger partial charge is 0.325 e. The van der Waals surface area contributed by atoms with Crippen LogP contribution in [0.4, 0.5) is 13.6 Å². The SMILES string of the molecule is O=C1NC(C2CC2)(C2CC2)C(=O)N1Cc1cccc(F)c1F. The van der Waals surface area contributed by atoms with Gasteiger partial charge in [-0.15, -0.1) is 0 Å². The Morgan fingerprint density at radius 1 is 1.14 bits per heavy atom. The first kappa shape index (κ1) is 13.7. The molecule has 0 aromatic heterocycles. The van der Waals surface area contributed by atoms with Gasteiger partial charge in [-0.2, -0.15) is 0 Å². The highest BCUT2D eigenvalue weighted by atomic mass is 19.2. The Hall–Kier alpha value is -1.98. The second kappa shape index (κ2) is 4.51. The van der Waals surface area contributed by atoms with Crippen LogP contribution >= 0.6 is 0 Å². The normalized spacial score (nSPS) is 23.8. The number of urea groups is 1. The molecule has 4 rings (SSSR count). The van der Waals surface area contributed by atoms with Crippen molar-refractivity contribution in [3.05, 3.63) is 35.4 Å². The summed E-state index contributed by atoms with van der Waals surface area (Å²) in [5.41, 5.74) is -0.771. The first-order valence-corrected chi connectivity index (χ1v) is 7.61. The molecule has 6 heteroatoms. The molecule has 0 unspecified atom stereocenters. The molecule has 2 saturated carbocycles. The van der Waals surface area contributed by atoms with E-state index in [0.29, 0.717) is 0 Å². The van der Waals surface area contributed by atoms with E-state index in [4.69, 9.17) is 0 Å². The van der Waals surface area contributed by atoms with Gasteiger partial charge in [-0.1, -0.05) is 12.1 Å². The predicted octanol–water partition coefficient (Wildman–Crippen LogP) is 2.58. The van der Waals surface area contributed by atoms with Crippen LogP contribution in [0.25, 0.3) is 0 Å². The zero-order valence-electron chi connectivity index (χ0n) is 11.9. The number of hydrogen-bond donors (Lipinski definition) is 1. The molecule has 1 aromatic carbocycles. The topological polar surface area (TPSA) is 49.4 Å². The van der Waals surface area contributed by atoms with Gasteiger partial charge in [-0.05, 0) is 43.6 Å². The number of rotatable bonds is 4. The van der Waals surface area contributed by atoms with Gasteiger partial charge < -0.3 is 5.32 Å². The van der Waals surface area contributed by atoms with Crippen LogP contribution < -0.4 is 5.32 Å². The van der Waals surface area contributed by atoms with Gasteiger partial charge in [0.1, 0.15) is 5.54 Å². The third-order valence-electron chi connectivity index (χ3n) is 4.96. The van der Waals surface area contributed by atoms with E-state index >= 15 is 0 Å². The minimum atomic E-state index is -1.00. The van der Waals surface area contributed by atoms with Gasteiger partial charge in [0.15, 0.2) is 11.6 Å². The average Bonchev–Trinajstić information content (AvgIpc) is 3.38. The summed E-state index contributed by atoms with van der Waals surface area (Å²) >= 11 is 0. The van der Waals surface area contributed by atoms with Crippen molar-refractivity contribution >= 4 is 11.9 Å². The number of carbonyl (C=O) groups excluding carboxylic acids is 2. The molecular formula is C16H16F2N2O2. The third-order valence-corrected chi connectivity index (χ3v) is 4.96. The van der Waals surface area contributed by atoms with Crippen LogP contribution in [0.15, 0.2) is 18.2 Å². The van der Waals surface area contributed by atoms with Gasteiger partial charge in [0.25, 0.3) is 5.91 Å². The number of nitrogens with zero attached hydrogens (tertiary/aromatic N) is 1. The fraction of sp³-hybridized carbons (Fsp3) is 0.500. The number of imide groups is 1. The summed E-state index contributed by atoms with van der Waals surface area (Å²) in [6.07, 6.45) is 3.74. The standard InChI is InChI=1S/C16H16F2N2O2/c17-12-3-1-2-9(13(12)18)8-20-14(21)16(10-4-5-10,11-6-7-11)19-15(20)22/h1-3,10-11H,4-8H2,(H,19,22). The summed E-state index contributed by atoms with van der Waals surface area (Å²) in [6.45, 7) is -0.227. The van der Waals surface area contributed by atoms with Crippen molar-refractivity contribution < 1.29 is 18.4 Å². The molecule has 0 radical (unpaired) electrons. The third kappa shape index (κ3) is 1.86. The fourth-order valence-corrected chi connectivity index (χ4v) is 3.56. The summed E-state index contributed by atoms with van der Waals surface area (Å²) in [4.78, 5) is 26.1. The summed E-state index contributed by atoms with van der Waals surface area (Å²) in [5, 5.41) is 2.87. The fourth-order valence-electron chi connectivity index (χ4n) is 3.56. The number of amides is 3. The van der Waals surface area contributed by atoms with Crippen molar-refractivity contribution in [3.8, 4) is 0 Å². The van der Waals surface area contributed by atoms with Crippen LogP contribution in [0.2, 0.25) is 0 Å². The van der Waals surface area contributed by atoms with Crippen molar-refractivity contribution in [2.75, 3.05) is 0 Å². The maximum absolute atomic E-state index is 13.8. The molecule has 116 valence electrons. The van der Waals surface area contributed by atoms with Crippen molar-refractivity contribution in [2.24, 2.45) is 11.8 Å². The minimum Gasteiger partial charge on any atom is -0.323 e. The first-order chi connectivity index (χ1) is 10.5. The number of carbonyl (C=O) groups is 2. The van der Waals surface area contributed by atoms with Gasteiger partial charge in [0.05, 0.1) is 6.54 Å². The highest BCUT2D eigenvalue weighted by Gasteiger charge is 2.65. The van der Waals surface area contributed by atoms with E-state index in [1.54, 1.807) is 0 Å². The van der Waals surface area contributed by atoms with Gasteiger partial charge in [0, 0.05) is 5.56 Å². The molecule has 1 aromatic rings.